The lowest BCUT2D eigenvalue weighted by Crippen LogP contribution is -2.29. The largest absolute Gasteiger partial charge is 0.291 e. The van der Waals surface area contributed by atoms with Crippen molar-refractivity contribution in [3.8, 4) is 0 Å². The summed E-state index contributed by atoms with van der Waals surface area (Å²) in [4.78, 5) is 22.6. The molecule has 3 unspecified atom stereocenters. The van der Waals surface area contributed by atoms with Gasteiger partial charge < -0.3 is 0 Å². The molecule has 3 atom stereocenters. The summed E-state index contributed by atoms with van der Waals surface area (Å²) >= 11 is 0. The molecule has 0 N–H and O–H groups in total. The fourth-order valence-corrected chi connectivity index (χ4v) is 2.51. The van der Waals surface area contributed by atoms with Gasteiger partial charge in [0.25, 0.3) is 0 Å². The predicted molar refractivity (Wildman–Crippen MR) is 40.0 cm³/mol. The SMILES string of the molecule is CC1C2CCC1(C)C(=O)C2=O. The van der Waals surface area contributed by atoms with E-state index in [1.807, 2.05) is 13.8 Å². The lowest BCUT2D eigenvalue weighted by molar-refractivity contribution is -0.141. The maximum absolute atomic E-state index is 11.3. The van der Waals surface area contributed by atoms with Gasteiger partial charge in [-0.15, -0.1) is 0 Å². The number of hydrogen-bond donors (Lipinski definition) is 0. The van der Waals surface area contributed by atoms with Gasteiger partial charge in [0, 0.05) is 11.3 Å². The first kappa shape index (κ1) is 7.01. The maximum Gasteiger partial charge on any atom is 0.204 e. The van der Waals surface area contributed by atoms with Crippen LogP contribution in [-0.2, 0) is 9.59 Å². The minimum Gasteiger partial charge on any atom is -0.291 e. The lowest BCUT2D eigenvalue weighted by atomic mass is 9.81. The summed E-state index contributed by atoms with van der Waals surface area (Å²) in [6.45, 7) is 3.96. The topological polar surface area (TPSA) is 34.1 Å². The molecule has 60 valence electrons. The predicted octanol–water partition coefficient (Wildman–Crippen LogP) is 1.19. The van der Waals surface area contributed by atoms with Gasteiger partial charge in [-0.05, 0) is 18.8 Å². The minimum atomic E-state index is -0.290. The smallest absolute Gasteiger partial charge is 0.204 e. The van der Waals surface area contributed by atoms with Gasteiger partial charge in [-0.3, -0.25) is 9.59 Å². The summed E-state index contributed by atoms with van der Waals surface area (Å²) in [5.74, 6) is 0.141. The van der Waals surface area contributed by atoms with Gasteiger partial charge in [0.2, 0.25) is 11.6 Å². The zero-order valence-electron chi connectivity index (χ0n) is 6.89. The molecule has 2 aliphatic rings. The molecular formula is C9H12O2. The Morgan fingerprint density at radius 3 is 2.36 bits per heavy atom. The van der Waals surface area contributed by atoms with Crippen molar-refractivity contribution >= 4 is 11.6 Å². The number of ketones is 2. The van der Waals surface area contributed by atoms with E-state index in [9.17, 15) is 9.59 Å². The minimum absolute atomic E-state index is 0.0625. The quantitative estimate of drug-likeness (QED) is 0.488. The lowest BCUT2D eigenvalue weighted by Gasteiger charge is -2.20. The molecule has 2 nitrogen and oxygen atoms in total. The van der Waals surface area contributed by atoms with Crippen LogP contribution in [0.2, 0.25) is 0 Å². The molecule has 2 saturated carbocycles. The second kappa shape index (κ2) is 1.74. The average Bonchev–Trinajstić information content (AvgIpc) is 2.33. The molecule has 11 heavy (non-hydrogen) atoms. The van der Waals surface area contributed by atoms with Crippen LogP contribution in [0, 0.1) is 17.3 Å². The van der Waals surface area contributed by atoms with Crippen LogP contribution < -0.4 is 0 Å². The Bertz CT molecular complexity index is 244. The fraction of sp³-hybridized carbons (Fsp3) is 0.778. The van der Waals surface area contributed by atoms with Gasteiger partial charge in [-0.2, -0.15) is 0 Å². The first-order valence-corrected chi connectivity index (χ1v) is 4.16. The Labute approximate surface area is 66.0 Å². The highest BCUT2D eigenvalue weighted by molar-refractivity contribution is 6.42. The van der Waals surface area contributed by atoms with E-state index in [4.69, 9.17) is 0 Å². The molecule has 0 aromatic heterocycles. The van der Waals surface area contributed by atoms with E-state index in [-0.39, 0.29) is 22.9 Å². The first-order valence-electron chi connectivity index (χ1n) is 4.16. The summed E-state index contributed by atoms with van der Waals surface area (Å²) in [7, 11) is 0. The first-order chi connectivity index (χ1) is 5.07. The van der Waals surface area contributed by atoms with Crippen molar-refractivity contribution in [3.05, 3.63) is 0 Å². The fourth-order valence-electron chi connectivity index (χ4n) is 2.51. The monoisotopic (exact) mass is 152 g/mol. The molecule has 0 aliphatic heterocycles. The molecule has 2 heteroatoms. The molecule has 0 aromatic carbocycles. The van der Waals surface area contributed by atoms with Crippen molar-refractivity contribution in [1.82, 2.24) is 0 Å². The van der Waals surface area contributed by atoms with Crippen molar-refractivity contribution in [2.75, 3.05) is 0 Å². The van der Waals surface area contributed by atoms with Gasteiger partial charge in [-0.1, -0.05) is 13.8 Å². The number of Topliss-reactive ketones (excluding diaryl/α,β-unsaturated/α-hetero) is 2. The van der Waals surface area contributed by atoms with Crippen LogP contribution >= 0.6 is 0 Å². The van der Waals surface area contributed by atoms with Gasteiger partial charge in [0.05, 0.1) is 0 Å². The standard InChI is InChI=1S/C9H12O2/c1-5-6-3-4-9(5,2)8(11)7(6)10/h5-6H,3-4H2,1-2H3. The number of fused-ring (bicyclic) bond motifs is 2. The van der Waals surface area contributed by atoms with Crippen LogP contribution in [0.5, 0.6) is 0 Å². The molecule has 2 rings (SSSR count). The van der Waals surface area contributed by atoms with E-state index in [1.165, 1.54) is 0 Å². The van der Waals surface area contributed by atoms with Crippen LogP contribution in [0.25, 0.3) is 0 Å². The number of hydrogen-bond acceptors (Lipinski definition) is 2. The normalized spacial score (nSPS) is 48.9. The van der Waals surface area contributed by atoms with Crippen LogP contribution in [-0.4, -0.2) is 11.6 Å². The number of carbonyl (C=O) groups is 2. The van der Waals surface area contributed by atoms with Gasteiger partial charge in [0.15, 0.2) is 0 Å². The molecule has 0 saturated heterocycles. The second-order valence-electron chi connectivity index (χ2n) is 4.04. The maximum atomic E-state index is 11.3. The van der Waals surface area contributed by atoms with Gasteiger partial charge in [0.1, 0.15) is 0 Å². The van der Waals surface area contributed by atoms with Crippen molar-refractivity contribution in [2.24, 2.45) is 17.3 Å². The summed E-state index contributed by atoms with van der Waals surface area (Å²) in [5, 5.41) is 0. The second-order valence-corrected chi connectivity index (χ2v) is 4.04. The van der Waals surface area contributed by atoms with Crippen molar-refractivity contribution in [1.29, 1.82) is 0 Å². The molecule has 2 bridgehead atoms. The van der Waals surface area contributed by atoms with E-state index in [0.29, 0.717) is 5.92 Å². The summed E-state index contributed by atoms with van der Waals surface area (Å²) in [6.07, 6.45) is 1.85. The molecule has 2 fully saturated rings. The number of carbonyl (C=O) groups excluding carboxylic acids is 2. The Kier molecular flexibility index (Phi) is 1.11. The van der Waals surface area contributed by atoms with Crippen LogP contribution in [0.15, 0.2) is 0 Å². The van der Waals surface area contributed by atoms with E-state index in [1.54, 1.807) is 0 Å². The third-order valence-corrected chi connectivity index (χ3v) is 3.66. The highest BCUT2D eigenvalue weighted by Gasteiger charge is 2.59. The van der Waals surface area contributed by atoms with Gasteiger partial charge >= 0.3 is 0 Å². The molecule has 0 heterocycles. The Morgan fingerprint density at radius 1 is 1.45 bits per heavy atom. The van der Waals surface area contributed by atoms with Crippen LogP contribution in [0.3, 0.4) is 0 Å². The third-order valence-electron chi connectivity index (χ3n) is 3.66. The van der Waals surface area contributed by atoms with Gasteiger partial charge in [-0.25, -0.2) is 0 Å². The van der Waals surface area contributed by atoms with Crippen LogP contribution in [0.1, 0.15) is 26.7 Å². The molecule has 0 spiro atoms. The highest BCUT2D eigenvalue weighted by Crippen LogP contribution is 2.53. The zero-order chi connectivity index (χ0) is 8.22. The Morgan fingerprint density at radius 2 is 2.09 bits per heavy atom. The Hall–Kier alpha value is -0.660. The van der Waals surface area contributed by atoms with Crippen molar-refractivity contribution in [3.63, 3.8) is 0 Å². The van der Waals surface area contributed by atoms with E-state index < -0.39 is 0 Å². The Balaban J connectivity index is 2.48. The highest BCUT2D eigenvalue weighted by atomic mass is 16.2. The van der Waals surface area contributed by atoms with E-state index in [2.05, 4.69) is 0 Å². The molecule has 0 aromatic rings. The molecule has 0 radical (unpaired) electrons. The summed E-state index contributed by atoms with van der Waals surface area (Å²) in [5.41, 5.74) is -0.290. The summed E-state index contributed by atoms with van der Waals surface area (Å²) < 4.78 is 0. The van der Waals surface area contributed by atoms with Crippen LogP contribution in [0.4, 0.5) is 0 Å². The molecule has 2 aliphatic carbocycles. The zero-order valence-corrected chi connectivity index (χ0v) is 6.89. The molecule has 0 amide bonds. The van der Waals surface area contributed by atoms with Crippen molar-refractivity contribution in [2.45, 2.75) is 26.7 Å². The third kappa shape index (κ3) is 0.585. The number of rotatable bonds is 0. The average molecular weight is 152 g/mol. The van der Waals surface area contributed by atoms with E-state index in [0.717, 1.165) is 12.8 Å². The van der Waals surface area contributed by atoms with Crippen molar-refractivity contribution < 1.29 is 9.59 Å². The van der Waals surface area contributed by atoms with E-state index >= 15 is 0 Å². The molecular weight excluding hydrogens is 140 g/mol. The summed E-state index contributed by atoms with van der Waals surface area (Å²) in [6, 6.07) is 0.